The van der Waals surface area contributed by atoms with Gasteiger partial charge in [-0.1, -0.05) is 13.8 Å². The van der Waals surface area contributed by atoms with E-state index in [0.29, 0.717) is 11.7 Å². The van der Waals surface area contributed by atoms with Crippen LogP contribution in [0.4, 0.5) is 5.13 Å². The molecule has 1 aromatic rings. The molecule has 3 atom stereocenters. The van der Waals surface area contributed by atoms with Gasteiger partial charge in [-0.25, -0.2) is 4.98 Å². The third-order valence-corrected chi connectivity index (χ3v) is 4.32. The van der Waals surface area contributed by atoms with Gasteiger partial charge in [0.1, 0.15) is 6.10 Å². The molecule has 1 aliphatic heterocycles. The van der Waals surface area contributed by atoms with Crippen LogP contribution >= 0.6 is 11.3 Å². The Labute approximate surface area is 124 Å². The number of hydrogen-bond acceptors (Lipinski definition) is 5. The summed E-state index contributed by atoms with van der Waals surface area (Å²) in [6.07, 6.45) is 1.70. The van der Waals surface area contributed by atoms with Crippen molar-refractivity contribution >= 4 is 22.4 Å². The van der Waals surface area contributed by atoms with E-state index in [1.165, 1.54) is 11.3 Å². The van der Waals surface area contributed by atoms with Gasteiger partial charge in [0.2, 0.25) is 0 Å². The molecule has 2 N–H and O–H groups in total. The number of nitrogens with one attached hydrogen (secondary N) is 2. The Morgan fingerprint density at radius 3 is 3.10 bits per heavy atom. The number of amides is 1. The van der Waals surface area contributed by atoms with Gasteiger partial charge in [-0.05, 0) is 32.2 Å². The van der Waals surface area contributed by atoms with Crippen LogP contribution in [0, 0.1) is 5.92 Å². The summed E-state index contributed by atoms with van der Waals surface area (Å²) in [6, 6.07) is 0.207. The summed E-state index contributed by atoms with van der Waals surface area (Å²) in [5.41, 5.74) is 0.971. The van der Waals surface area contributed by atoms with Crippen LogP contribution in [0.2, 0.25) is 0 Å². The number of thiazole rings is 1. The van der Waals surface area contributed by atoms with Crippen molar-refractivity contribution in [1.82, 2.24) is 10.3 Å². The van der Waals surface area contributed by atoms with Crippen LogP contribution in [0.5, 0.6) is 0 Å². The fourth-order valence-corrected chi connectivity index (χ4v) is 3.02. The van der Waals surface area contributed by atoms with Crippen molar-refractivity contribution in [2.45, 2.75) is 45.8 Å². The van der Waals surface area contributed by atoms with E-state index in [1.807, 2.05) is 12.3 Å². The van der Waals surface area contributed by atoms with E-state index in [9.17, 15) is 4.79 Å². The average molecular weight is 297 g/mol. The van der Waals surface area contributed by atoms with E-state index < -0.39 is 0 Å². The first-order chi connectivity index (χ1) is 9.61. The molecule has 20 heavy (non-hydrogen) atoms. The van der Waals surface area contributed by atoms with Gasteiger partial charge in [0.25, 0.3) is 5.91 Å². The van der Waals surface area contributed by atoms with Gasteiger partial charge in [-0.3, -0.25) is 10.1 Å². The summed E-state index contributed by atoms with van der Waals surface area (Å²) in [6.45, 7) is 7.89. The predicted octanol–water partition coefficient (Wildman–Crippen LogP) is 2.57. The summed E-state index contributed by atoms with van der Waals surface area (Å²) in [5.74, 6) is 0.199. The maximum Gasteiger partial charge on any atom is 0.255 e. The Bertz CT molecular complexity index is 449. The van der Waals surface area contributed by atoms with Crippen LogP contribution in [-0.4, -0.2) is 30.1 Å². The molecular weight excluding hydrogens is 274 g/mol. The lowest BCUT2D eigenvalue weighted by Gasteiger charge is -2.13. The fourth-order valence-electron chi connectivity index (χ4n) is 2.22. The summed E-state index contributed by atoms with van der Waals surface area (Å²) >= 11 is 1.46. The molecule has 1 amide bonds. The Hall–Kier alpha value is -0.980. The van der Waals surface area contributed by atoms with Gasteiger partial charge in [0.05, 0.1) is 5.69 Å². The first-order valence-corrected chi connectivity index (χ1v) is 8.11. The largest absolute Gasteiger partial charge is 0.368 e. The lowest BCUT2D eigenvalue weighted by atomic mass is 10.0. The number of aromatic nitrogens is 1. The van der Waals surface area contributed by atoms with Crippen LogP contribution in [0.3, 0.4) is 0 Å². The van der Waals surface area contributed by atoms with Gasteiger partial charge in [0.15, 0.2) is 5.13 Å². The number of anilines is 1. The Balaban J connectivity index is 1.90. The van der Waals surface area contributed by atoms with Crippen molar-refractivity contribution in [2.24, 2.45) is 5.92 Å². The molecular formula is C14H23N3O2S. The zero-order valence-electron chi connectivity index (χ0n) is 12.3. The highest BCUT2D eigenvalue weighted by Crippen LogP contribution is 2.24. The molecule has 0 radical (unpaired) electrons. The first kappa shape index (κ1) is 15.4. The molecule has 0 saturated carbocycles. The molecule has 0 aliphatic carbocycles. The number of nitrogens with zero attached hydrogens (tertiary/aromatic N) is 1. The molecule has 6 heteroatoms. The van der Waals surface area contributed by atoms with Crippen molar-refractivity contribution in [3.63, 3.8) is 0 Å². The maximum atomic E-state index is 12.1. The number of carbonyl (C=O) groups is 1. The van der Waals surface area contributed by atoms with Crippen LogP contribution in [0.25, 0.3) is 0 Å². The molecule has 2 rings (SSSR count). The predicted molar refractivity (Wildman–Crippen MR) is 81.0 cm³/mol. The van der Waals surface area contributed by atoms with Gasteiger partial charge in [-0.15, -0.1) is 11.3 Å². The SMILES string of the molecule is CCCNC(C)c1csc(NC(=O)C2OCCC2C)n1. The number of ether oxygens (including phenoxy) is 1. The minimum absolute atomic E-state index is 0.0786. The second-order valence-corrected chi connectivity index (χ2v) is 6.16. The van der Waals surface area contributed by atoms with Crippen LogP contribution in [0.15, 0.2) is 5.38 Å². The molecule has 2 heterocycles. The van der Waals surface area contributed by atoms with E-state index in [-0.39, 0.29) is 24.0 Å². The minimum Gasteiger partial charge on any atom is -0.368 e. The maximum absolute atomic E-state index is 12.1. The summed E-state index contributed by atoms with van der Waals surface area (Å²) in [5, 5.41) is 8.88. The lowest BCUT2D eigenvalue weighted by Crippen LogP contribution is -2.31. The highest BCUT2D eigenvalue weighted by atomic mass is 32.1. The van der Waals surface area contributed by atoms with Gasteiger partial charge in [-0.2, -0.15) is 0 Å². The van der Waals surface area contributed by atoms with Crippen molar-refractivity contribution in [2.75, 3.05) is 18.5 Å². The second-order valence-electron chi connectivity index (χ2n) is 5.30. The Kier molecular flexibility index (Phi) is 5.51. The van der Waals surface area contributed by atoms with Crippen molar-refractivity contribution in [3.05, 3.63) is 11.1 Å². The van der Waals surface area contributed by atoms with Gasteiger partial charge in [0, 0.05) is 18.0 Å². The smallest absolute Gasteiger partial charge is 0.255 e. The minimum atomic E-state index is -0.335. The van der Waals surface area contributed by atoms with Crippen LogP contribution < -0.4 is 10.6 Å². The number of rotatable bonds is 6. The quantitative estimate of drug-likeness (QED) is 0.847. The Morgan fingerprint density at radius 2 is 2.45 bits per heavy atom. The molecule has 1 aliphatic rings. The van der Waals surface area contributed by atoms with E-state index >= 15 is 0 Å². The molecule has 1 aromatic heterocycles. The zero-order valence-corrected chi connectivity index (χ0v) is 13.1. The van der Waals surface area contributed by atoms with Gasteiger partial charge < -0.3 is 10.1 Å². The zero-order chi connectivity index (χ0) is 14.5. The fraction of sp³-hybridized carbons (Fsp3) is 0.714. The molecule has 0 spiro atoms. The summed E-state index contributed by atoms with van der Waals surface area (Å²) in [7, 11) is 0. The molecule has 0 aromatic carbocycles. The van der Waals surface area contributed by atoms with E-state index in [2.05, 4.69) is 29.5 Å². The van der Waals surface area contributed by atoms with Crippen LogP contribution in [0.1, 0.15) is 45.3 Å². The summed E-state index contributed by atoms with van der Waals surface area (Å²) < 4.78 is 5.46. The molecule has 0 bridgehead atoms. The highest BCUT2D eigenvalue weighted by Gasteiger charge is 2.31. The molecule has 5 nitrogen and oxygen atoms in total. The van der Waals surface area contributed by atoms with Crippen molar-refractivity contribution < 1.29 is 9.53 Å². The lowest BCUT2D eigenvalue weighted by molar-refractivity contribution is -0.126. The Morgan fingerprint density at radius 1 is 1.65 bits per heavy atom. The van der Waals surface area contributed by atoms with Crippen molar-refractivity contribution in [3.8, 4) is 0 Å². The van der Waals surface area contributed by atoms with E-state index in [0.717, 1.165) is 25.1 Å². The normalized spacial score (nSPS) is 23.8. The van der Waals surface area contributed by atoms with Gasteiger partial charge >= 0.3 is 0 Å². The first-order valence-electron chi connectivity index (χ1n) is 7.23. The highest BCUT2D eigenvalue weighted by molar-refractivity contribution is 7.13. The van der Waals surface area contributed by atoms with Crippen LogP contribution in [-0.2, 0) is 9.53 Å². The van der Waals surface area contributed by atoms with E-state index in [4.69, 9.17) is 4.74 Å². The second kappa shape index (κ2) is 7.15. The third kappa shape index (κ3) is 3.77. The summed E-state index contributed by atoms with van der Waals surface area (Å²) in [4.78, 5) is 16.6. The standard InChI is InChI=1S/C14H23N3O2S/c1-4-6-15-10(3)11-8-20-14(16-11)17-13(18)12-9(2)5-7-19-12/h8-10,12,15H,4-7H2,1-3H3,(H,16,17,18). The number of hydrogen-bond donors (Lipinski definition) is 2. The average Bonchev–Trinajstić information content (AvgIpc) is 3.05. The molecule has 112 valence electrons. The van der Waals surface area contributed by atoms with Crippen molar-refractivity contribution in [1.29, 1.82) is 0 Å². The monoisotopic (exact) mass is 297 g/mol. The third-order valence-electron chi connectivity index (χ3n) is 3.54. The number of carbonyl (C=O) groups excluding carboxylic acids is 1. The van der Waals surface area contributed by atoms with E-state index in [1.54, 1.807) is 0 Å². The molecule has 1 saturated heterocycles. The topological polar surface area (TPSA) is 63.2 Å². The molecule has 1 fully saturated rings. The molecule has 3 unspecified atom stereocenters.